The molecule has 7 nitrogen and oxygen atoms in total. The molecule has 2 rings (SSSR count). The molecule has 7 heteroatoms. The van der Waals surface area contributed by atoms with E-state index in [4.69, 9.17) is 5.73 Å². The molecular weight excluding hydrogens is 236 g/mol. The average Bonchev–Trinajstić information content (AvgIpc) is 3.09. The zero-order chi connectivity index (χ0) is 13.1. The van der Waals surface area contributed by atoms with Crippen molar-refractivity contribution in [3.8, 4) is 0 Å². The van der Waals surface area contributed by atoms with Gasteiger partial charge in [0, 0.05) is 29.5 Å². The van der Waals surface area contributed by atoms with Gasteiger partial charge in [0.05, 0.1) is 11.5 Å². The number of benzene rings is 1. The lowest BCUT2D eigenvalue weighted by atomic mass is 10.2. The summed E-state index contributed by atoms with van der Waals surface area (Å²) in [7, 11) is 0. The highest BCUT2D eigenvalue weighted by Gasteiger charge is 2.22. The number of nitro benzene ring substituents is 1. The van der Waals surface area contributed by atoms with Gasteiger partial charge < -0.3 is 16.4 Å². The van der Waals surface area contributed by atoms with Gasteiger partial charge in [-0.25, -0.2) is 0 Å². The number of nitro groups is 1. The molecular formula is C11H14N4O3. The highest BCUT2D eigenvalue weighted by Crippen LogP contribution is 2.22. The van der Waals surface area contributed by atoms with Crippen LogP contribution in [0.1, 0.15) is 12.8 Å². The fraction of sp³-hybridized carbons (Fsp3) is 0.364. The van der Waals surface area contributed by atoms with E-state index >= 15 is 0 Å². The van der Waals surface area contributed by atoms with Crippen LogP contribution in [0.5, 0.6) is 0 Å². The molecule has 0 saturated heterocycles. The zero-order valence-electron chi connectivity index (χ0n) is 9.68. The standard InChI is InChI=1S/C11H14N4O3/c12-7-3-9(5-10(4-7)15(17)18)13-6-11(16)14-8-1-2-8/h3-5,8,13H,1-2,6,12H2,(H,14,16). The first-order valence-corrected chi connectivity index (χ1v) is 5.63. The van der Waals surface area contributed by atoms with Gasteiger partial charge in [-0.2, -0.15) is 0 Å². The molecule has 1 aromatic carbocycles. The number of hydrogen-bond acceptors (Lipinski definition) is 5. The lowest BCUT2D eigenvalue weighted by Gasteiger charge is -2.07. The molecule has 18 heavy (non-hydrogen) atoms. The molecule has 96 valence electrons. The zero-order valence-corrected chi connectivity index (χ0v) is 9.68. The largest absolute Gasteiger partial charge is 0.398 e. The molecule has 1 fully saturated rings. The van der Waals surface area contributed by atoms with Crippen LogP contribution in [0.2, 0.25) is 0 Å². The molecule has 1 saturated carbocycles. The van der Waals surface area contributed by atoms with Gasteiger partial charge in [-0.3, -0.25) is 14.9 Å². The van der Waals surface area contributed by atoms with Crippen LogP contribution in [0.3, 0.4) is 0 Å². The summed E-state index contributed by atoms with van der Waals surface area (Å²) in [6.45, 7) is 0.0805. The Hall–Kier alpha value is -2.31. The summed E-state index contributed by atoms with van der Waals surface area (Å²) in [6.07, 6.45) is 2.05. The Morgan fingerprint density at radius 1 is 1.44 bits per heavy atom. The fourth-order valence-electron chi connectivity index (χ4n) is 1.53. The number of nitrogens with zero attached hydrogens (tertiary/aromatic N) is 1. The van der Waals surface area contributed by atoms with Crippen molar-refractivity contribution in [1.29, 1.82) is 0 Å². The van der Waals surface area contributed by atoms with Crippen molar-refractivity contribution in [3.05, 3.63) is 28.3 Å². The second-order valence-electron chi connectivity index (χ2n) is 4.27. The number of nitrogens with one attached hydrogen (secondary N) is 2. The summed E-state index contributed by atoms with van der Waals surface area (Å²) in [5.41, 5.74) is 6.20. The maximum absolute atomic E-state index is 11.4. The molecule has 0 atom stereocenters. The van der Waals surface area contributed by atoms with Gasteiger partial charge >= 0.3 is 0 Å². The first-order valence-electron chi connectivity index (χ1n) is 5.63. The SMILES string of the molecule is Nc1cc(NCC(=O)NC2CC2)cc([N+](=O)[O-])c1. The van der Waals surface area contributed by atoms with Gasteiger partial charge in [-0.05, 0) is 18.9 Å². The minimum atomic E-state index is -0.522. The molecule has 0 aliphatic heterocycles. The molecule has 0 heterocycles. The third-order valence-corrected chi connectivity index (χ3v) is 2.55. The highest BCUT2D eigenvalue weighted by atomic mass is 16.6. The van der Waals surface area contributed by atoms with E-state index in [1.165, 1.54) is 12.1 Å². The van der Waals surface area contributed by atoms with Crippen LogP contribution >= 0.6 is 0 Å². The monoisotopic (exact) mass is 250 g/mol. The van der Waals surface area contributed by atoms with Crippen molar-refractivity contribution in [3.63, 3.8) is 0 Å². The van der Waals surface area contributed by atoms with Crippen molar-refractivity contribution < 1.29 is 9.72 Å². The summed E-state index contributed by atoms with van der Waals surface area (Å²) >= 11 is 0. The van der Waals surface area contributed by atoms with Crippen molar-refractivity contribution >= 4 is 23.0 Å². The Kier molecular flexibility index (Phi) is 3.31. The minimum absolute atomic E-state index is 0.0805. The van der Waals surface area contributed by atoms with Gasteiger partial charge in [0.25, 0.3) is 5.69 Å². The summed E-state index contributed by atoms with van der Waals surface area (Å²) < 4.78 is 0. The number of amides is 1. The van der Waals surface area contributed by atoms with Gasteiger partial charge in [0.1, 0.15) is 0 Å². The van der Waals surface area contributed by atoms with Crippen molar-refractivity contribution in [2.45, 2.75) is 18.9 Å². The van der Waals surface area contributed by atoms with E-state index < -0.39 is 4.92 Å². The van der Waals surface area contributed by atoms with Crippen LogP contribution in [-0.2, 0) is 4.79 Å². The third kappa shape index (κ3) is 3.34. The van der Waals surface area contributed by atoms with Crippen molar-refractivity contribution in [2.75, 3.05) is 17.6 Å². The predicted octanol–water partition coefficient (Wildman–Crippen LogP) is 0.867. The molecule has 0 radical (unpaired) electrons. The number of rotatable bonds is 5. The van der Waals surface area contributed by atoms with Crippen LogP contribution in [0.4, 0.5) is 17.1 Å². The van der Waals surface area contributed by atoms with Gasteiger partial charge in [0.2, 0.25) is 5.91 Å². The van der Waals surface area contributed by atoms with Crippen LogP contribution in [0.25, 0.3) is 0 Å². The number of nitrogens with two attached hydrogens (primary N) is 1. The number of nitrogen functional groups attached to an aromatic ring is 1. The third-order valence-electron chi connectivity index (χ3n) is 2.55. The van der Waals surface area contributed by atoms with E-state index in [2.05, 4.69) is 10.6 Å². The first-order chi connectivity index (χ1) is 8.54. The minimum Gasteiger partial charge on any atom is -0.398 e. The fourth-order valence-corrected chi connectivity index (χ4v) is 1.53. The smallest absolute Gasteiger partial charge is 0.273 e. The maximum Gasteiger partial charge on any atom is 0.273 e. The lowest BCUT2D eigenvalue weighted by molar-refractivity contribution is -0.384. The normalized spacial score (nSPS) is 14.0. The van der Waals surface area contributed by atoms with Crippen molar-refractivity contribution in [1.82, 2.24) is 5.32 Å². The first kappa shape index (κ1) is 12.2. The van der Waals surface area contributed by atoms with Gasteiger partial charge in [-0.15, -0.1) is 0 Å². The van der Waals surface area contributed by atoms with E-state index in [0.717, 1.165) is 12.8 Å². The lowest BCUT2D eigenvalue weighted by Crippen LogP contribution is -2.31. The Balaban J connectivity index is 1.95. The molecule has 1 amide bonds. The van der Waals surface area contributed by atoms with Crippen LogP contribution in [0, 0.1) is 10.1 Å². The van der Waals surface area contributed by atoms with Gasteiger partial charge in [-0.1, -0.05) is 0 Å². The number of carbonyl (C=O) groups is 1. The topological polar surface area (TPSA) is 110 Å². The molecule has 4 N–H and O–H groups in total. The number of hydrogen-bond donors (Lipinski definition) is 3. The summed E-state index contributed by atoms with van der Waals surface area (Å²) in [5.74, 6) is -0.123. The van der Waals surface area contributed by atoms with E-state index in [9.17, 15) is 14.9 Å². The summed E-state index contributed by atoms with van der Waals surface area (Å²) in [6, 6.07) is 4.47. The molecule has 1 aliphatic rings. The number of non-ortho nitro benzene ring substituents is 1. The quantitative estimate of drug-likeness (QED) is 0.408. The van der Waals surface area contributed by atoms with E-state index in [0.29, 0.717) is 11.7 Å². The molecule has 1 aliphatic carbocycles. The van der Waals surface area contributed by atoms with Crippen LogP contribution in [0.15, 0.2) is 18.2 Å². The highest BCUT2D eigenvalue weighted by molar-refractivity contribution is 5.81. The van der Waals surface area contributed by atoms with Crippen LogP contribution in [-0.4, -0.2) is 23.4 Å². The average molecular weight is 250 g/mol. The summed E-state index contributed by atoms with van der Waals surface area (Å²) in [4.78, 5) is 21.5. The van der Waals surface area contributed by atoms with Crippen molar-refractivity contribution in [2.24, 2.45) is 0 Å². The van der Waals surface area contributed by atoms with Gasteiger partial charge in [0.15, 0.2) is 0 Å². The Bertz CT molecular complexity index is 485. The summed E-state index contributed by atoms with van der Waals surface area (Å²) in [5, 5.41) is 16.3. The molecule has 0 unspecified atom stereocenters. The molecule has 0 bridgehead atoms. The Morgan fingerprint density at radius 2 is 2.17 bits per heavy atom. The maximum atomic E-state index is 11.4. The molecule has 1 aromatic rings. The van der Waals surface area contributed by atoms with Crippen LogP contribution < -0.4 is 16.4 Å². The predicted molar refractivity (Wildman–Crippen MR) is 67.2 cm³/mol. The number of anilines is 2. The molecule has 0 spiro atoms. The van der Waals surface area contributed by atoms with E-state index in [1.807, 2.05) is 0 Å². The second kappa shape index (κ2) is 4.91. The van der Waals surface area contributed by atoms with E-state index in [-0.39, 0.29) is 23.8 Å². The second-order valence-corrected chi connectivity index (χ2v) is 4.27. The van der Waals surface area contributed by atoms with E-state index in [1.54, 1.807) is 6.07 Å². The Labute approximate surface area is 104 Å². The Morgan fingerprint density at radius 3 is 2.78 bits per heavy atom. The number of carbonyl (C=O) groups excluding carboxylic acids is 1. The molecule has 0 aromatic heterocycles.